The molecular formula is C12H15FN2O3. The van der Waals surface area contributed by atoms with Gasteiger partial charge in [0.05, 0.1) is 18.2 Å². The first-order valence-electron chi connectivity index (χ1n) is 5.48. The molecule has 0 bridgehead atoms. The zero-order valence-electron chi connectivity index (χ0n) is 9.94. The third kappa shape index (κ3) is 4.50. The van der Waals surface area contributed by atoms with Crippen LogP contribution in [-0.4, -0.2) is 36.1 Å². The van der Waals surface area contributed by atoms with Gasteiger partial charge in [0, 0.05) is 6.54 Å². The van der Waals surface area contributed by atoms with Crippen molar-refractivity contribution >= 4 is 11.8 Å². The highest BCUT2D eigenvalue weighted by Crippen LogP contribution is 2.05. The summed E-state index contributed by atoms with van der Waals surface area (Å²) in [4.78, 5) is 22.8. The van der Waals surface area contributed by atoms with Crippen LogP contribution in [0, 0.1) is 5.82 Å². The minimum Gasteiger partial charge on any atom is -0.392 e. The summed E-state index contributed by atoms with van der Waals surface area (Å²) in [6.45, 7) is 1.37. The molecule has 5 nitrogen and oxygen atoms in total. The highest BCUT2D eigenvalue weighted by Gasteiger charge is 2.11. The monoisotopic (exact) mass is 254 g/mol. The van der Waals surface area contributed by atoms with Crippen LogP contribution in [0.2, 0.25) is 0 Å². The van der Waals surface area contributed by atoms with Gasteiger partial charge in [-0.2, -0.15) is 0 Å². The van der Waals surface area contributed by atoms with Gasteiger partial charge < -0.3 is 15.7 Å². The molecule has 0 heterocycles. The number of halogens is 1. The summed E-state index contributed by atoms with van der Waals surface area (Å²) in [7, 11) is 0. The standard InChI is InChI=1S/C12H15FN2O3/c1-8(16)6-14-11(17)7-15-12(18)9-4-2-3-5-10(9)13/h2-5,8,16H,6-7H2,1H3,(H,14,17)(H,15,18)/t8-/m1/s1. The van der Waals surface area contributed by atoms with Crippen molar-refractivity contribution in [3.63, 3.8) is 0 Å². The van der Waals surface area contributed by atoms with Gasteiger partial charge in [-0.15, -0.1) is 0 Å². The molecule has 0 aromatic heterocycles. The first kappa shape index (κ1) is 14.1. The van der Waals surface area contributed by atoms with Gasteiger partial charge in [0.2, 0.25) is 5.91 Å². The van der Waals surface area contributed by atoms with Crippen LogP contribution < -0.4 is 10.6 Å². The number of nitrogens with one attached hydrogen (secondary N) is 2. The molecule has 0 spiro atoms. The summed E-state index contributed by atoms with van der Waals surface area (Å²) in [5.41, 5.74) is -0.110. The van der Waals surface area contributed by atoms with Gasteiger partial charge in [-0.1, -0.05) is 12.1 Å². The van der Waals surface area contributed by atoms with Crippen molar-refractivity contribution in [2.24, 2.45) is 0 Å². The maximum Gasteiger partial charge on any atom is 0.254 e. The maximum atomic E-state index is 13.2. The second-order valence-corrected chi connectivity index (χ2v) is 3.82. The lowest BCUT2D eigenvalue weighted by atomic mass is 10.2. The predicted molar refractivity (Wildman–Crippen MR) is 63.4 cm³/mol. The first-order chi connectivity index (χ1) is 8.50. The number of aliphatic hydroxyl groups excluding tert-OH is 1. The summed E-state index contributed by atoms with van der Waals surface area (Å²) in [6.07, 6.45) is -0.656. The molecule has 98 valence electrons. The summed E-state index contributed by atoms with van der Waals surface area (Å²) < 4.78 is 13.2. The largest absolute Gasteiger partial charge is 0.392 e. The minimum absolute atomic E-state index is 0.106. The van der Waals surface area contributed by atoms with Gasteiger partial charge in [-0.25, -0.2) is 4.39 Å². The van der Waals surface area contributed by atoms with Crippen LogP contribution in [0.25, 0.3) is 0 Å². The van der Waals surface area contributed by atoms with E-state index in [0.717, 1.165) is 0 Å². The lowest BCUT2D eigenvalue weighted by molar-refractivity contribution is -0.120. The Morgan fingerprint density at radius 2 is 2.00 bits per heavy atom. The molecule has 0 aliphatic rings. The van der Waals surface area contributed by atoms with E-state index < -0.39 is 23.7 Å². The molecule has 0 saturated heterocycles. The summed E-state index contributed by atoms with van der Waals surface area (Å²) in [6, 6.07) is 5.51. The van der Waals surface area contributed by atoms with E-state index in [9.17, 15) is 14.0 Å². The molecule has 0 fully saturated rings. The van der Waals surface area contributed by atoms with Gasteiger partial charge in [0.1, 0.15) is 5.82 Å². The molecule has 0 aliphatic carbocycles. The molecule has 0 saturated carbocycles. The Kier molecular flexibility index (Phi) is 5.26. The van der Waals surface area contributed by atoms with E-state index in [1.807, 2.05) is 0 Å². The minimum atomic E-state index is -0.656. The Bertz CT molecular complexity index is 435. The lowest BCUT2D eigenvalue weighted by Gasteiger charge is -2.08. The van der Waals surface area contributed by atoms with E-state index in [4.69, 9.17) is 5.11 Å². The molecular weight excluding hydrogens is 239 g/mol. The highest BCUT2D eigenvalue weighted by molar-refractivity contribution is 5.96. The van der Waals surface area contributed by atoms with Crippen LogP contribution in [0.4, 0.5) is 4.39 Å². The van der Waals surface area contributed by atoms with Crippen LogP contribution in [0.5, 0.6) is 0 Å². The fourth-order valence-electron chi connectivity index (χ4n) is 1.23. The molecule has 0 unspecified atom stereocenters. The van der Waals surface area contributed by atoms with E-state index in [2.05, 4.69) is 10.6 Å². The molecule has 1 aromatic carbocycles. The molecule has 0 radical (unpaired) electrons. The van der Waals surface area contributed by atoms with Crippen molar-refractivity contribution in [2.45, 2.75) is 13.0 Å². The van der Waals surface area contributed by atoms with Gasteiger partial charge in [-0.05, 0) is 19.1 Å². The Morgan fingerprint density at radius 3 is 2.61 bits per heavy atom. The van der Waals surface area contributed by atoms with Crippen molar-refractivity contribution in [3.8, 4) is 0 Å². The normalized spacial score (nSPS) is 11.7. The van der Waals surface area contributed by atoms with Gasteiger partial charge in [-0.3, -0.25) is 9.59 Å². The van der Waals surface area contributed by atoms with Crippen LogP contribution in [0.1, 0.15) is 17.3 Å². The van der Waals surface area contributed by atoms with Gasteiger partial charge >= 0.3 is 0 Å². The zero-order chi connectivity index (χ0) is 13.5. The predicted octanol–water partition coefficient (Wildman–Crippen LogP) is 0.0525. The molecule has 18 heavy (non-hydrogen) atoms. The van der Waals surface area contributed by atoms with Crippen molar-refractivity contribution < 1.29 is 19.1 Å². The summed E-state index contributed by atoms with van der Waals surface area (Å²) >= 11 is 0. The van der Waals surface area contributed by atoms with Crippen LogP contribution in [0.15, 0.2) is 24.3 Å². The van der Waals surface area contributed by atoms with Crippen molar-refractivity contribution in [2.75, 3.05) is 13.1 Å². The highest BCUT2D eigenvalue weighted by atomic mass is 19.1. The third-order valence-corrected chi connectivity index (χ3v) is 2.12. The Balaban J connectivity index is 2.42. The number of aliphatic hydroxyl groups is 1. The molecule has 1 atom stereocenters. The van der Waals surface area contributed by atoms with Gasteiger partial charge in [0.15, 0.2) is 0 Å². The third-order valence-electron chi connectivity index (χ3n) is 2.12. The number of carbonyl (C=O) groups excluding carboxylic acids is 2. The van der Waals surface area contributed by atoms with E-state index in [1.54, 1.807) is 0 Å². The number of hydrogen-bond acceptors (Lipinski definition) is 3. The van der Waals surface area contributed by atoms with Crippen molar-refractivity contribution in [1.82, 2.24) is 10.6 Å². The maximum absolute atomic E-state index is 13.2. The fourth-order valence-corrected chi connectivity index (χ4v) is 1.23. The number of carbonyl (C=O) groups is 2. The molecule has 2 amide bonds. The number of hydrogen-bond donors (Lipinski definition) is 3. The first-order valence-corrected chi connectivity index (χ1v) is 5.48. The van der Waals surface area contributed by atoms with E-state index >= 15 is 0 Å². The number of rotatable bonds is 5. The summed E-state index contributed by atoms with van der Waals surface area (Å²) in [5.74, 6) is -1.74. The number of benzene rings is 1. The van der Waals surface area contributed by atoms with E-state index in [-0.39, 0.29) is 18.7 Å². The van der Waals surface area contributed by atoms with Gasteiger partial charge in [0.25, 0.3) is 5.91 Å². The Hall–Kier alpha value is -1.95. The molecule has 0 aliphatic heterocycles. The van der Waals surface area contributed by atoms with Crippen molar-refractivity contribution in [3.05, 3.63) is 35.6 Å². The topological polar surface area (TPSA) is 78.4 Å². The Morgan fingerprint density at radius 1 is 1.33 bits per heavy atom. The second kappa shape index (κ2) is 6.70. The van der Waals surface area contributed by atoms with E-state index in [1.165, 1.54) is 31.2 Å². The van der Waals surface area contributed by atoms with Crippen LogP contribution in [-0.2, 0) is 4.79 Å². The fraction of sp³-hybridized carbons (Fsp3) is 0.333. The smallest absolute Gasteiger partial charge is 0.254 e. The number of amides is 2. The lowest BCUT2D eigenvalue weighted by Crippen LogP contribution is -2.39. The zero-order valence-corrected chi connectivity index (χ0v) is 9.94. The van der Waals surface area contributed by atoms with Crippen LogP contribution >= 0.6 is 0 Å². The molecule has 6 heteroatoms. The van der Waals surface area contributed by atoms with E-state index in [0.29, 0.717) is 0 Å². The average Bonchev–Trinajstić information content (AvgIpc) is 2.34. The molecule has 1 aromatic rings. The quantitative estimate of drug-likeness (QED) is 0.695. The SMILES string of the molecule is C[C@@H](O)CNC(=O)CNC(=O)c1ccccc1F. The van der Waals surface area contributed by atoms with Crippen molar-refractivity contribution in [1.29, 1.82) is 0 Å². The van der Waals surface area contributed by atoms with Crippen LogP contribution in [0.3, 0.4) is 0 Å². The second-order valence-electron chi connectivity index (χ2n) is 3.82. The summed E-state index contributed by atoms with van der Waals surface area (Å²) in [5, 5.41) is 13.6. The Labute approximate surface area is 104 Å². The molecule has 1 rings (SSSR count). The molecule has 3 N–H and O–H groups in total. The average molecular weight is 254 g/mol.